The highest BCUT2D eigenvalue weighted by Gasteiger charge is 2.26. The number of benzene rings is 1. The highest BCUT2D eigenvalue weighted by molar-refractivity contribution is 9.11. The maximum Gasteiger partial charge on any atom is 0.148 e. The van der Waals surface area contributed by atoms with E-state index in [1.54, 1.807) is 0 Å². The SMILES string of the molecule is CC1CC(C)CC(Oc2c(Br)cc(CBr)cc2Br)C1. The Labute approximate surface area is 140 Å². The molecule has 19 heavy (non-hydrogen) atoms. The molecular weight excluding hydrogens is 436 g/mol. The minimum absolute atomic E-state index is 0.334. The van der Waals surface area contributed by atoms with Crippen LogP contribution in [0.3, 0.4) is 0 Å². The summed E-state index contributed by atoms with van der Waals surface area (Å²) in [6.07, 6.45) is 3.97. The third-order valence-electron chi connectivity index (χ3n) is 3.63. The van der Waals surface area contributed by atoms with Crippen LogP contribution in [0.5, 0.6) is 5.75 Å². The van der Waals surface area contributed by atoms with E-state index < -0.39 is 0 Å². The Morgan fingerprint density at radius 3 is 2.05 bits per heavy atom. The lowest BCUT2D eigenvalue weighted by molar-refractivity contribution is 0.0996. The largest absolute Gasteiger partial charge is 0.488 e. The van der Waals surface area contributed by atoms with Gasteiger partial charge in [-0.1, -0.05) is 29.8 Å². The summed E-state index contributed by atoms with van der Waals surface area (Å²) in [7, 11) is 0. The van der Waals surface area contributed by atoms with Gasteiger partial charge in [-0.15, -0.1) is 0 Å². The van der Waals surface area contributed by atoms with Gasteiger partial charge in [0.15, 0.2) is 0 Å². The standard InChI is InChI=1S/C15H19Br3O/c1-9-3-10(2)5-12(4-9)19-15-13(17)6-11(8-16)7-14(15)18/h6-7,9-10,12H,3-5,8H2,1-2H3. The molecule has 2 unspecified atom stereocenters. The van der Waals surface area contributed by atoms with Gasteiger partial charge < -0.3 is 4.74 Å². The van der Waals surface area contributed by atoms with Crippen molar-refractivity contribution < 1.29 is 4.74 Å². The Hall–Kier alpha value is 0.460. The summed E-state index contributed by atoms with van der Waals surface area (Å²) >= 11 is 10.7. The number of ether oxygens (including phenoxy) is 1. The molecule has 1 aliphatic rings. The van der Waals surface area contributed by atoms with Gasteiger partial charge in [0, 0.05) is 5.33 Å². The minimum Gasteiger partial charge on any atom is -0.488 e. The minimum atomic E-state index is 0.334. The third-order valence-corrected chi connectivity index (χ3v) is 5.46. The van der Waals surface area contributed by atoms with E-state index in [0.717, 1.165) is 44.7 Å². The van der Waals surface area contributed by atoms with E-state index in [4.69, 9.17) is 4.74 Å². The molecule has 0 aliphatic heterocycles. The van der Waals surface area contributed by atoms with Crippen LogP contribution in [0.2, 0.25) is 0 Å². The van der Waals surface area contributed by atoms with Crippen LogP contribution >= 0.6 is 47.8 Å². The molecule has 1 aliphatic carbocycles. The van der Waals surface area contributed by atoms with Gasteiger partial charge in [-0.3, -0.25) is 0 Å². The summed E-state index contributed by atoms with van der Waals surface area (Å²) in [5.74, 6) is 2.46. The zero-order valence-electron chi connectivity index (χ0n) is 11.3. The topological polar surface area (TPSA) is 9.23 Å². The summed E-state index contributed by atoms with van der Waals surface area (Å²) in [5.41, 5.74) is 1.23. The zero-order valence-corrected chi connectivity index (χ0v) is 16.0. The first-order chi connectivity index (χ1) is 8.99. The smallest absolute Gasteiger partial charge is 0.148 e. The lowest BCUT2D eigenvalue weighted by Crippen LogP contribution is -2.28. The highest BCUT2D eigenvalue weighted by atomic mass is 79.9. The van der Waals surface area contributed by atoms with Crippen molar-refractivity contribution in [3.63, 3.8) is 0 Å². The van der Waals surface area contributed by atoms with Crippen molar-refractivity contribution in [3.8, 4) is 5.75 Å². The van der Waals surface area contributed by atoms with Gasteiger partial charge in [0.2, 0.25) is 0 Å². The van der Waals surface area contributed by atoms with Gasteiger partial charge >= 0.3 is 0 Å². The Bertz CT molecular complexity index is 414. The van der Waals surface area contributed by atoms with Crippen LogP contribution in [-0.2, 0) is 5.33 Å². The molecule has 0 aromatic heterocycles. The third kappa shape index (κ3) is 4.21. The van der Waals surface area contributed by atoms with Crippen LogP contribution in [0.1, 0.15) is 38.7 Å². The molecule has 0 radical (unpaired) electrons. The summed E-state index contributed by atoms with van der Waals surface area (Å²) < 4.78 is 8.31. The van der Waals surface area contributed by atoms with E-state index in [1.807, 2.05) is 0 Å². The van der Waals surface area contributed by atoms with E-state index in [2.05, 4.69) is 73.8 Å². The summed E-state index contributed by atoms with van der Waals surface area (Å²) in [6.45, 7) is 4.65. The van der Waals surface area contributed by atoms with Gasteiger partial charge in [0.05, 0.1) is 15.0 Å². The number of hydrogen-bond donors (Lipinski definition) is 0. The molecule has 0 saturated heterocycles. The van der Waals surface area contributed by atoms with E-state index in [9.17, 15) is 0 Å². The highest BCUT2D eigenvalue weighted by Crippen LogP contribution is 2.39. The first-order valence-electron chi connectivity index (χ1n) is 6.70. The fourth-order valence-electron chi connectivity index (χ4n) is 2.94. The van der Waals surface area contributed by atoms with Gasteiger partial charge in [-0.25, -0.2) is 0 Å². The molecule has 1 aromatic rings. The lowest BCUT2D eigenvalue weighted by Gasteiger charge is -2.32. The van der Waals surface area contributed by atoms with Crippen molar-refractivity contribution >= 4 is 47.8 Å². The molecule has 0 N–H and O–H groups in total. The van der Waals surface area contributed by atoms with E-state index in [1.165, 1.54) is 12.0 Å². The van der Waals surface area contributed by atoms with Crippen LogP contribution in [0, 0.1) is 11.8 Å². The normalized spacial score (nSPS) is 27.3. The van der Waals surface area contributed by atoms with Gasteiger partial charge in [0.1, 0.15) is 5.75 Å². The predicted molar refractivity (Wildman–Crippen MR) is 91.1 cm³/mol. The molecule has 0 spiro atoms. The second-order valence-electron chi connectivity index (χ2n) is 5.68. The molecule has 1 nitrogen and oxygen atoms in total. The summed E-state index contributed by atoms with van der Waals surface area (Å²) in [4.78, 5) is 0. The molecule has 4 heteroatoms. The fraction of sp³-hybridized carbons (Fsp3) is 0.600. The van der Waals surface area contributed by atoms with Gasteiger partial charge in [-0.05, 0) is 80.7 Å². The number of halogens is 3. The van der Waals surface area contributed by atoms with Crippen LogP contribution in [-0.4, -0.2) is 6.10 Å². The van der Waals surface area contributed by atoms with Gasteiger partial charge in [0.25, 0.3) is 0 Å². The molecule has 1 aromatic carbocycles. The maximum absolute atomic E-state index is 6.25. The molecule has 0 amide bonds. The van der Waals surface area contributed by atoms with Crippen LogP contribution in [0.25, 0.3) is 0 Å². The number of alkyl halides is 1. The summed E-state index contributed by atoms with van der Waals surface area (Å²) in [6, 6.07) is 4.23. The average molecular weight is 455 g/mol. The molecule has 1 fully saturated rings. The monoisotopic (exact) mass is 452 g/mol. The Morgan fingerprint density at radius 1 is 1.05 bits per heavy atom. The quantitative estimate of drug-likeness (QED) is 0.486. The lowest BCUT2D eigenvalue weighted by atomic mass is 9.82. The van der Waals surface area contributed by atoms with Crippen molar-refractivity contribution in [2.75, 3.05) is 0 Å². The van der Waals surface area contributed by atoms with Gasteiger partial charge in [-0.2, -0.15) is 0 Å². The second kappa shape index (κ2) is 6.95. The first-order valence-corrected chi connectivity index (χ1v) is 9.40. The van der Waals surface area contributed by atoms with E-state index >= 15 is 0 Å². The second-order valence-corrected chi connectivity index (χ2v) is 7.95. The Balaban J connectivity index is 2.14. The summed E-state index contributed by atoms with van der Waals surface area (Å²) in [5, 5.41) is 0.849. The Kier molecular flexibility index (Phi) is 5.79. The molecular formula is C15H19Br3O. The fourth-order valence-corrected chi connectivity index (χ4v) is 4.73. The van der Waals surface area contributed by atoms with Crippen molar-refractivity contribution in [3.05, 3.63) is 26.6 Å². The van der Waals surface area contributed by atoms with Crippen LogP contribution in [0.4, 0.5) is 0 Å². The van der Waals surface area contributed by atoms with Crippen LogP contribution < -0.4 is 4.74 Å². The average Bonchev–Trinajstić information content (AvgIpc) is 2.32. The molecule has 2 rings (SSSR count). The molecule has 0 heterocycles. The molecule has 0 bridgehead atoms. The predicted octanol–water partition coefficient (Wildman–Crippen LogP) is 6.31. The Morgan fingerprint density at radius 2 is 1.58 bits per heavy atom. The first kappa shape index (κ1) is 15.8. The number of rotatable bonds is 3. The number of hydrogen-bond acceptors (Lipinski definition) is 1. The van der Waals surface area contributed by atoms with E-state index in [0.29, 0.717) is 6.10 Å². The van der Waals surface area contributed by atoms with Crippen molar-refractivity contribution in [2.24, 2.45) is 11.8 Å². The van der Waals surface area contributed by atoms with Crippen molar-refractivity contribution in [2.45, 2.75) is 44.5 Å². The van der Waals surface area contributed by atoms with E-state index in [-0.39, 0.29) is 0 Å². The molecule has 1 saturated carbocycles. The van der Waals surface area contributed by atoms with Crippen molar-refractivity contribution in [1.29, 1.82) is 0 Å². The molecule has 2 atom stereocenters. The molecule has 106 valence electrons. The van der Waals surface area contributed by atoms with Crippen LogP contribution in [0.15, 0.2) is 21.1 Å². The van der Waals surface area contributed by atoms with Crippen molar-refractivity contribution in [1.82, 2.24) is 0 Å². The maximum atomic E-state index is 6.25. The zero-order chi connectivity index (χ0) is 14.0.